The predicted octanol–water partition coefficient (Wildman–Crippen LogP) is 4.79. The van der Waals surface area contributed by atoms with E-state index in [1.807, 2.05) is 13.0 Å². The maximum Gasteiger partial charge on any atom is 0.330 e. The fraction of sp³-hybridized carbons (Fsp3) is 0.567. The third kappa shape index (κ3) is 4.41. The highest BCUT2D eigenvalue weighted by Crippen LogP contribution is 2.66. The summed E-state index contributed by atoms with van der Waals surface area (Å²) in [5.41, 5.74) is 1.92. The Morgan fingerprint density at radius 2 is 1.84 bits per heavy atom. The Balaban J connectivity index is 1.22. The number of carboxylic acid groups (broad SMARTS) is 1. The Morgan fingerprint density at radius 3 is 2.57 bits per heavy atom. The van der Waals surface area contributed by atoms with E-state index in [4.69, 9.17) is 4.84 Å². The molecule has 1 aromatic carbocycles. The number of oxime groups is 1. The van der Waals surface area contributed by atoms with Gasteiger partial charge in [-0.3, -0.25) is 4.79 Å². The summed E-state index contributed by atoms with van der Waals surface area (Å²) in [5.74, 6) is 0.0520. The van der Waals surface area contributed by atoms with Crippen LogP contribution < -0.4 is 5.32 Å². The molecule has 37 heavy (non-hydrogen) atoms. The summed E-state index contributed by atoms with van der Waals surface area (Å²) in [6.45, 7) is 6.32. The van der Waals surface area contributed by atoms with Crippen molar-refractivity contribution < 1.29 is 24.6 Å². The van der Waals surface area contributed by atoms with Crippen LogP contribution in [0.3, 0.4) is 0 Å². The van der Waals surface area contributed by atoms with Crippen LogP contribution in [0.2, 0.25) is 0 Å². The van der Waals surface area contributed by atoms with E-state index >= 15 is 0 Å². The molecule has 7 heteroatoms. The number of benzene rings is 1. The van der Waals surface area contributed by atoms with E-state index in [1.54, 1.807) is 30.3 Å². The fourth-order valence-corrected chi connectivity index (χ4v) is 7.81. The topological polar surface area (TPSA) is 108 Å². The van der Waals surface area contributed by atoms with E-state index in [0.29, 0.717) is 29.0 Å². The molecule has 0 heterocycles. The molecule has 3 fully saturated rings. The van der Waals surface area contributed by atoms with Crippen LogP contribution >= 0.6 is 0 Å². The van der Waals surface area contributed by atoms with Crippen LogP contribution in [0.4, 0.5) is 0 Å². The fourth-order valence-electron chi connectivity index (χ4n) is 7.81. The summed E-state index contributed by atoms with van der Waals surface area (Å²) in [6, 6.07) is 7.43. The molecule has 0 radical (unpaired) electrons. The lowest BCUT2D eigenvalue weighted by molar-refractivity contribution is -0.142. The second kappa shape index (κ2) is 9.43. The zero-order chi connectivity index (χ0) is 26.4. The molecular formula is C30H38N2O5. The molecule has 7 nitrogen and oxygen atoms in total. The zero-order valence-corrected chi connectivity index (χ0v) is 21.9. The third-order valence-electron chi connectivity index (χ3n) is 10.2. The first kappa shape index (κ1) is 25.7. The molecule has 1 aromatic rings. The van der Waals surface area contributed by atoms with E-state index in [1.165, 1.54) is 5.57 Å². The van der Waals surface area contributed by atoms with Crippen molar-refractivity contribution in [1.29, 1.82) is 0 Å². The molecule has 7 unspecified atom stereocenters. The normalized spacial score (nSPS) is 38.1. The summed E-state index contributed by atoms with van der Waals surface area (Å²) in [7, 11) is 0. The molecule has 5 rings (SSSR count). The molecule has 3 N–H and O–H groups in total. The molecule has 0 bridgehead atoms. The van der Waals surface area contributed by atoms with E-state index in [2.05, 4.69) is 36.5 Å². The first-order valence-corrected chi connectivity index (χ1v) is 13.4. The van der Waals surface area contributed by atoms with Crippen LogP contribution in [0.15, 0.2) is 59.3 Å². The number of hydrogen-bond donors (Lipinski definition) is 3. The molecular weight excluding hydrogens is 468 g/mol. The lowest BCUT2D eigenvalue weighted by atomic mass is 9.47. The zero-order valence-electron chi connectivity index (χ0n) is 21.9. The van der Waals surface area contributed by atoms with Gasteiger partial charge in [0, 0.05) is 5.41 Å². The minimum absolute atomic E-state index is 0.00527. The number of nitrogens with zero attached hydrogens (tertiary/aromatic N) is 1. The lowest BCUT2D eigenvalue weighted by Gasteiger charge is -2.58. The number of hydrogen-bond acceptors (Lipinski definition) is 5. The van der Waals surface area contributed by atoms with Crippen molar-refractivity contribution >= 4 is 17.6 Å². The van der Waals surface area contributed by atoms with Crippen LogP contribution in [0.1, 0.15) is 70.9 Å². The first-order chi connectivity index (χ1) is 17.5. The van der Waals surface area contributed by atoms with Gasteiger partial charge < -0.3 is 20.4 Å². The number of nitrogens with one attached hydrogen (secondary N) is 1. The Morgan fingerprint density at radius 1 is 1.11 bits per heavy atom. The van der Waals surface area contributed by atoms with Crippen molar-refractivity contribution in [2.24, 2.45) is 33.7 Å². The Labute approximate surface area is 218 Å². The van der Waals surface area contributed by atoms with Gasteiger partial charge in [-0.2, -0.15) is 0 Å². The molecule has 198 valence electrons. The van der Waals surface area contributed by atoms with Crippen LogP contribution in [-0.4, -0.2) is 40.0 Å². The molecule has 3 saturated carbocycles. The highest BCUT2D eigenvalue weighted by Gasteiger charge is 2.61. The van der Waals surface area contributed by atoms with Crippen molar-refractivity contribution in [1.82, 2.24) is 5.32 Å². The monoisotopic (exact) mass is 506 g/mol. The standard InChI is InChI=1S/C30H38N2O5/c1-28-14-11-21(32-37-18-25(33)31-26(27(34)35)19-7-5-4-6-8-19)17-20(28)9-10-22-23(28)12-15-29(2)24(22)13-16-30(29,3)36/h4-8,11,14,17,22-24,26,36H,9-10,12-13,15-16,18H2,1-3H3,(H,31,33)(H,34,35). The van der Waals surface area contributed by atoms with Gasteiger partial charge in [0.1, 0.15) is 5.71 Å². The SMILES string of the molecule is CC12C=CC(=NOCC(=O)NC(C(=O)O)c3ccccc3)C=C1CCC1C2CCC2(C)C1CCC2(C)O. The molecule has 4 aliphatic carbocycles. The Kier molecular flexibility index (Phi) is 6.55. The van der Waals surface area contributed by atoms with E-state index < -0.39 is 23.5 Å². The smallest absolute Gasteiger partial charge is 0.330 e. The maximum absolute atomic E-state index is 12.4. The van der Waals surface area contributed by atoms with Crippen molar-refractivity contribution in [3.8, 4) is 0 Å². The molecule has 1 amide bonds. The van der Waals surface area contributed by atoms with E-state index in [9.17, 15) is 19.8 Å². The Hall–Kier alpha value is -2.93. The molecule has 0 aliphatic heterocycles. The molecule has 7 atom stereocenters. The molecule has 4 aliphatic rings. The summed E-state index contributed by atoms with van der Waals surface area (Å²) in [6.07, 6.45) is 12.6. The predicted molar refractivity (Wildman–Crippen MR) is 141 cm³/mol. The van der Waals surface area contributed by atoms with E-state index in [0.717, 1.165) is 38.5 Å². The van der Waals surface area contributed by atoms with Gasteiger partial charge in [0.25, 0.3) is 5.91 Å². The molecule has 0 spiro atoms. The van der Waals surface area contributed by atoms with Crippen LogP contribution in [0.5, 0.6) is 0 Å². The molecule has 0 saturated heterocycles. The van der Waals surface area contributed by atoms with E-state index in [-0.39, 0.29) is 17.4 Å². The number of allylic oxidation sites excluding steroid dienone is 4. The van der Waals surface area contributed by atoms with Crippen molar-refractivity contribution in [2.75, 3.05) is 6.61 Å². The van der Waals surface area contributed by atoms with Crippen molar-refractivity contribution in [2.45, 2.75) is 70.9 Å². The number of carbonyl (C=O) groups is 2. The number of fused-ring (bicyclic) bond motifs is 5. The number of aliphatic hydroxyl groups is 1. The lowest BCUT2D eigenvalue weighted by Crippen LogP contribution is -2.53. The average Bonchev–Trinajstić information content (AvgIpc) is 3.11. The summed E-state index contributed by atoms with van der Waals surface area (Å²) in [4.78, 5) is 29.3. The summed E-state index contributed by atoms with van der Waals surface area (Å²) in [5, 5.41) is 27.3. The van der Waals surface area contributed by atoms with Gasteiger partial charge in [0.05, 0.1) is 5.60 Å². The minimum Gasteiger partial charge on any atom is -0.479 e. The quantitative estimate of drug-likeness (QED) is 0.481. The van der Waals surface area contributed by atoms with Crippen molar-refractivity contribution in [3.05, 3.63) is 59.7 Å². The van der Waals surface area contributed by atoms with Gasteiger partial charge in [-0.05, 0) is 86.3 Å². The number of aliphatic carboxylic acids is 1. The van der Waals surface area contributed by atoms with Gasteiger partial charge in [-0.25, -0.2) is 4.79 Å². The summed E-state index contributed by atoms with van der Waals surface area (Å²) >= 11 is 0. The number of rotatable bonds is 6. The number of carboxylic acids is 1. The summed E-state index contributed by atoms with van der Waals surface area (Å²) < 4.78 is 0. The number of carbonyl (C=O) groups excluding carboxylic acids is 1. The highest BCUT2D eigenvalue weighted by molar-refractivity contribution is 6.05. The van der Waals surface area contributed by atoms with Crippen LogP contribution in [0.25, 0.3) is 0 Å². The van der Waals surface area contributed by atoms with Crippen LogP contribution in [0, 0.1) is 28.6 Å². The molecule has 0 aromatic heterocycles. The highest BCUT2D eigenvalue weighted by atomic mass is 16.6. The largest absolute Gasteiger partial charge is 0.479 e. The van der Waals surface area contributed by atoms with Gasteiger partial charge in [-0.1, -0.05) is 61.0 Å². The second-order valence-corrected chi connectivity index (χ2v) is 12.0. The Bertz CT molecular complexity index is 1160. The van der Waals surface area contributed by atoms with Crippen LogP contribution in [-0.2, 0) is 14.4 Å². The number of amides is 1. The minimum atomic E-state index is -1.14. The average molecular weight is 507 g/mol. The van der Waals surface area contributed by atoms with Gasteiger partial charge in [0.15, 0.2) is 12.6 Å². The van der Waals surface area contributed by atoms with Crippen molar-refractivity contribution in [3.63, 3.8) is 0 Å². The van der Waals surface area contributed by atoms with Gasteiger partial charge in [0.2, 0.25) is 0 Å². The van der Waals surface area contributed by atoms with Gasteiger partial charge >= 0.3 is 5.97 Å². The third-order valence-corrected chi connectivity index (χ3v) is 10.2. The first-order valence-electron chi connectivity index (χ1n) is 13.4. The van der Waals surface area contributed by atoms with Gasteiger partial charge in [-0.15, -0.1) is 0 Å². The maximum atomic E-state index is 12.4. The second-order valence-electron chi connectivity index (χ2n) is 12.0.